The molecule has 0 radical (unpaired) electrons. The van der Waals surface area contributed by atoms with Gasteiger partial charge < -0.3 is 15.4 Å². The molecule has 21 heavy (non-hydrogen) atoms. The van der Waals surface area contributed by atoms with Gasteiger partial charge in [-0.3, -0.25) is 4.79 Å². The first-order valence-electron chi connectivity index (χ1n) is 7.15. The van der Waals surface area contributed by atoms with Crippen molar-refractivity contribution in [3.8, 4) is 5.75 Å². The van der Waals surface area contributed by atoms with Gasteiger partial charge in [-0.1, -0.05) is 11.3 Å². The van der Waals surface area contributed by atoms with Crippen molar-refractivity contribution in [3.63, 3.8) is 0 Å². The minimum absolute atomic E-state index is 0.0530. The molecule has 0 aliphatic heterocycles. The fraction of sp³-hybridized carbons (Fsp3) is 0.467. The van der Waals surface area contributed by atoms with Crippen LogP contribution in [0, 0.1) is 0 Å². The van der Waals surface area contributed by atoms with Gasteiger partial charge in [-0.2, -0.15) is 0 Å². The van der Waals surface area contributed by atoms with Crippen LogP contribution in [0.25, 0.3) is 10.2 Å². The average molecular weight is 307 g/mol. The zero-order valence-corrected chi connectivity index (χ0v) is 13.4. The Balaban J connectivity index is 1.92. The van der Waals surface area contributed by atoms with E-state index < -0.39 is 0 Å². The van der Waals surface area contributed by atoms with Gasteiger partial charge in [-0.05, 0) is 39.0 Å². The Morgan fingerprint density at radius 2 is 2.24 bits per heavy atom. The topological polar surface area (TPSA) is 63.2 Å². The predicted molar refractivity (Wildman–Crippen MR) is 87.2 cm³/mol. The molecule has 1 aromatic carbocycles. The van der Waals surface area contributed by atoms with Crippen molar-refractivity contribution in [2.24, 2.45) is 0 Å². The van der Waals surface area contributed by atoms with E-state index in [1.807, 2.05) is 39.0 Å². The summed E-state index contributed by atoms with van der Waals surface area (Å²) in [5, 5.41) is 6.89. The van der Waals surface area contributed by atoms with Crippen molar-refractivity contribution in [2.45, 2.75) is 33.2 Å². The lowest BCUT2D eigenvalue weighted by molar-refractivity contribution is -0.121. The number of aromatic nitrogens is 1. The molecule has 1 amide bonds. The molecule has 2 rings (SSSR count). The fourth-order valence-corrected chi connectivity index (χ4v) is 2.83. The number of carbonyl (C=O) groups is 1. The molecule has 2 aromatic rings. The van der Waals surface area contributed by atoms with Gasteiger partial charge in [-0.25, -0.2) is 4.98 Å². The van der Waals surface area contributed by atoms with Crippen molar-refractivity contribution in [2.75, 3.05) is 18.5 Å². The lowest BCUT2D eigenvalue weighted by Crippen LogP contribution is -2.31. The van der Waals surface area contributed by atoms with Crippen LogP contribution in [0.15, 0.2) is 18.2 Å². The number of nitrogens with one attached hydrogen (secondary N) is 2. The maximum absolute atomic E-state index is 11.5. The minimum Gasteiger partial charge on any atom is -0.494 e. The van der Waals surface area contributed by atoms with Crippen LogP contribution < -0.4 is 15.4 Å². The van der Waals surface area contributed by atoms with E-state index in [4.69, 9.17) is 4.74 Å². The Bertz CT molecular complexity index is 610. The quantitative estimate of drug-likeness (QED) is 0.825. The van der Waals surface area contributed by atoms with Gasteiger partial charge in [0.25, 0.3) is 0 Å². The van der Waals surface area contributed by atoms with Crippen molar-refractivity contribution >= 4 is 32.6 Å². The second-order valence-electron chi connectivity index (χ2n) is 4.98. The summed E-state index contributed by atoms with van der Waals surface area (Å²) in [7, 11) is 0. The number of thiazole rings is 1. The summed E-state index contributed by atoms with van der Waals surface area (Å²) in [6, 6.07) is 6.04. The molecule has 0 fully saturated rings. The highest BCUT2D eigenvalue weighted by molar-refractivity contribution is 7.22. The molecule has 0 atom stereocenters. The largest absolute Gasteiger partial charge is 0.494 e. The first-order chi connectivity index (χ1) is 10.1. The molecule has 2 N–H and O–H groups in total. The van der Waals surface area contributed by atoms with Gasteiger partial charge in [0.15, 0.2) is 5.13 Å². The molecular formula is C15H21N3O2S. The zero-order valence-electron chi connectivity index (χ0n) is 12.6. The molecule has 0 saturated carbocycles. The molecular weight excluding hydrogens is 286 g/mol. The van der Waals surface area contributed by atoms with Gasteiger partial charge in [-0.15, -0.1) is 0 Å². The van der Waals surface area contributed by atoms with Crippen LogP contribution in [0.5, 0.6) is 5.75 Å². The van der Waals surface area contributed by atoms with Crippen LogP contribution in [-0.4, -0.2) is 30.1 Å². The third-order valence-electron chi connectivity index (χ3n) is 2.75. The molecule has 1 heterocycles. The first kappa shape index (κ1) is 15.6. The van der Waals surface area contributed by atoms with Crippen LogP contribution in [0.2, 0.25) is 0 Å². The van der Waals surface area contributed by atoms with Gasteiger partial charge in [0.1, 0.15) is 5.75 Å². The number of amides is 1. The second kappa shape index (κ2) is 7.26. The summed E-state index contributed by atoms with van der Waals surface area (Å²) < 4.78 is 6.56. The molecule has 6 heteroatoms. The Morgan fingerprint density at radius 1 is 1.43 bits per heavy atom. The molecule has 0 spiro atoms. The fourth-order valence-electron chi connectivity index (χ4n) is 1.91. The van der Waals surface area contributed by atoms with E-state index in [1.165, 1.54) is 0 Å². The predicted octanol–water partition coefficient (Wildman–Crippen LogP) is 3.02. The number of anilines is 1. The highest BCUT2D eigenvalue weighted by atomic mass is 32.1. The number of fused-ring (bicyclic) bond motifs is 1. The Morgan fingerprint density at radius 3 is 2.95 bits per heavy atom. The van der Waals surface area contributed by atoms with Crippen LogP contribution in [0.4, 0.5) is 5.13 Å². The number of rotatable bonds is 7. The van der Waals surface area contributed by atoms with E-state index in [-0.39, 0.29) is 11.9 Å². The van der Waals surface area contributed by atoms with E-state index in [0.717, 1.165) is 21.1 Å². The maximum Gasteiger partial charge on any atom is 0.221 e. The van der Waals surface area contributed by atoms with Crippen LogP contribution in [-0.2, 0) is 4.79 Å². The van der Waals surface area contributed by atoms with Crippen molar-refractivity contribution in [1.82, 2.24) is 10.3 Å². The highest BCUT2D eigenvalue weighted by Crippen LogP contribution is 2.29. The number of benzene rings is 1. The van der Waals surface area contributed by atoms with Crippen molar-refractivity contribution in [1.29, 1.82) is 0 Å². The summed E-state index contributed by atoms with van der Waals surface area (Å²) in [6.45, 7) is 7.10. The zero-order chi connectivity index (χ0) is 15.2. The molecule has 0 aliphatic carbocycles. The van der Waals surface area contributed by atoms with Gasteiger partial charge in [0.05, 0.1) is 16.8 Å². The number of nitrogens with zero attached hydrogens (tertiary/aromatic N) is 1. The third kappa shape index (κ3) is 4.60. The smallest absolute Gasteiger partial charge is 0.221 e. The van der Waals surface area contributed by atoms with Crippen molar-refractivity contribution < 1.29 is 9.53 Å². The lowest BCUT2D eigenvalue weighted by atomic mass is 10.3. The minimum atomic E-state index is 0.0530. The number of hydrogen-bond acceptors (Lipinski definition) is 5. The molecule has 1 aromatic heterocycles. The molecule has 0 bridgehead atoms. The Hall–Kier alpha value is -1.82. The second-order valence-corrected chi connectivity index (χ2v) is 6.01. The van der Waals surface area contributed by atoms with E-state index in [2.05, 4.69) is 15.6 Å². The molecule has 0 saturated heterocycles. The summed E-state index contributed by atoms with van der Waals surface area (Å²) >= 11 is 1.57. The van der Waals surface area contributed by atoms with Crippen molar-refractivity contribution in [3.05, 3.63) is 18.2 Å². The van der Waals surface area contributed by atoms with Crippen LogP contribution in [0.3, 0.4) is 0 Å². The monoisotopic (exact) mass is 307 g/mol. The Labute approximate surface area is 128 Å². The van der Waals surface area contributed by atoms with E-state index >= 15 is 0 Å². The summed E-state index contributed by atoms with van der Waals surface area (Å²) in [5.74, 6) is 0.911. The SMILES string of the molecule is CCOc1ccc2nc(NCCC(=O)NC(C)C)sc2c1. The normalized spacial score (nSPS) is 10.9. The molecule has 0 aliphatic rings. The summed E-state index contributed by atoms with van der Waals surface area (Å²) in [4.78, 5) is 16.0. The van der Waals surface area contributed by atoms with Gasteiger partial charge in [0, 0.05) is 19.0 Å². The van der Waals surface area contributed by atoms with E-state index in [1.54, 1.807) is 11.3 Å². The van der Waals surface area contributed by atoms with Gasteiger partial charge >= 0.3 is 0 Å². The Kier molecular flexibility index (Phi) is 5.38. The standard InChI is InChI=1S/C15H21N3O2S/c1-4-20-11-5-6-12-13(9-11)21-15(18-12)16-8-7-14(19)17-10(2)3/h5-6,9-10H,4,7-8H2,1-3H3,(H,16,18)(H,17,19). The molecule has 5 nitrogen and oxygen atoms in total. The third-order valence-corrected chi connectivity index (χ3v) is 3.72. The highest BCUT2D eigenvalue weighted by Gasteiger charge is 2.06. The maximum atomic E-state index is 11.5. The van der Waals surface area contributed by atoms with E-state index in [9.17, 15) is 4.79 Å². The van der Waals surface area contributed by atoms with E-state index in [0.29, 0.717) is 19.6 Å². The number of carbonyl (C=O) groups excluding carboxylic acids is 1. The number of hydrogen-bond donors (Lipinski definition) is 2. The first-order valence-corrected chi connectivity index (χ1v) is 7.96. The number of ether oxygens (including phenoxy) is 1. The molecule has 114 valence electrons. The van der Waals surface area contributed by atoms with Gasteiger partial charge in [0.2, 0.25) is 5.91 Å². The average Bonchev–Trinajstić information content (AvgIpc) is 2.80. The summed E-state index contributed by atoms with van der Waals surface area (Å²) in [5.41, 5.74) is 0.942. The van der Waals surface area contributed by atoms with Crippen LogP contribution >= 0.6 is 11.3 Å². The van der Waals surface area contributed by atoms with Crippen LogP contribution in [0.1, 0.15) is 27.2 Å². The lowest BCUT2D eigenvalue weighted by Gasteiger charge is -2.08. The molecule has 0 unspecified atom stereocenters. The summed E-state index contributed by atoms with van der Waals surface area (Å²) in [6.07, 6.45) is 0.443.